The maximum absolute atomic E-state index is 12.1. The van der Waals surface area contributed by atoms with E-state index in [0.717, 1.165) is 34.8 Å². The van der Waals surface area contributed by atoms with Gasteiger partial charge in [0.25, 0.3) is 0 Å². The molecule has 0 radical (unpaired) electrons. The van der Waals surface area contributed by atoms with Gasteiger partial charge in [-0.2, -0.15) is 5.10 Å². The first-order valence-electron chi connectivity index (χ1n) is 9.02. The molecule has 0 aliphatic heterocycles. The molecule has 0 saturated heterocycles. The Morgan fingerprint density at radius 1 is 1.15 bits per heavy atom. The smallest absolute Gasteiger partial charge is 0.220 e. The Bertz CT molecular complexity index is 921. The Labute approximate surface area is 164 Å². The van der Waals surface area contributed by atoms with Gasteiger partial charge in [0.2, 0.25) is 5.91 Å². The van der Waals surface area contributed by atoms with Crippen LogP contribution in [0.1, 0.15) is 28.9 Å². The van der Waals surface area contributed by atoms with Gasteiger partial charge in [-0.15, -0.1) is 0 Å². The predicted molar refractivity (Wildman–Crippen MR) is 107 cm³/mol. The van der Waals surface area contributed by atoms with Crippen molar-refractivity contribution in [3.63, 3.8) is 0 Å². The van der Waals surface area contributed by atoms with E-state index < -0.39 is 0 Å². The van der Waals surface area contributed by atoms with Crippen molar-refractivity contribution < 1.29 is 4.79 Å². The van der Waals surface area contributed by atoms with Crippen molar-refractivity contribution >= 4 is 17.5 Å². The Balaban J connectivity index is 1.53. The molecule has 27 heavy (non-hydrogen) atoms. The molecule has 2 aromatic heterocycles. The number of hydrogen-bond donors (Lipinski definition) is 1. The normalized spacial score (nSPS) is 10.8. The summed E-state index contributed by atoms with van der Waals surface area (Å²) >= 11 is 5.97. The number of nitrogens with one attached hydrogen (secondary N) is 1. The minimum Gasteiger partial charge on any atom is -0.356 e. The van der Waals surface area contributed by atoms with Gasteiger partial charge in [0.1, 0.15) is 0 Å². The van der Waals surface area contributed by atoms with Gasteiger partial charge in [0, 0.05) is 29.9 Å². The summed E-state index contributed by atoms with van der Waals surface area (Å²) < 4.78 is 1.85. The van der Waals surface area contributed by atoms with Crippen molar-refractivity contribution in [2.75, 3.05) is 6.54 Å². The highest BCUT2D eigenvalue weighted by Gasteiger charge is 2.13. The van der Waals surface area contributed by atoms with Crippen LogP contribution in [0.3, 0.4) is 0 Å². The summed E-state index contributed by atoms with van der Waals surface area (Å²) in [5.74, 6) is 0.845. The molecule has 0 fully saturated rings. The fraction of sp³-hybridized carbons (Fsp3) is 0.286. The van der Waals surface area contributed by atoms with Gasteiger partial charge in [-0.1, -0.05) is 29.8 Å². The predicted octanol–water partition coefficient (Wildman–Crippen LogP) is 3.83. The van der Waals surface area contributed by atoms with Crippen LogP contribution in [0.15, 0.2) is 48.7 Å². The molecular formula is C21H23ClN4O. The van der Waals surface area contributed by atoms with Crippen molar-refractivity contribution in [3.8, 4) is 5.82 Å². The number of amides is 1. The first-order chi connectivity index (χ1) is 13.0. The van der Waals surface area contributed by atoms with E-state index in [1.165, 1.54) is 0 Å². The molecule has 3 aromatic rings. The van der Waals surface area contributed by atoms with Crippen molar-refractivity contribution in [1.29, 1.82) is 0 Å². The van der Waals surface area contributed by atoms with Gasteiger partial charge in [0.15, 0.2) is 5.82 Å². The van der Waals surface area contributed by atoms with Gasteiger partial charge in [-0.05, 0) is 62.1 Å². The lowest BCUT2D eigenvalue weighted by Gasteiger charge is -2.07. The second kappa shape index (κ2) is 8.82. The number of pyridine rings is 1. The molecule has 0 atom stereocenters. The number of halogens is 1. The van der Waals surface area contributed by atoms with E-state index in [-0.39, 0.29) is 5.91 Å². The minimum absolute atomic E-state index is 0.0439. The van der Waals surface area contributed by atoms with E-state index in [2.05, 4.69) is 15.4 Å². The van der Waals surface area contributed by atoms with Crippen LogP contribution in [0.25, 0.3) is 5.82 Å². The molecule has 5 nitrogen and oxygen atoms in total. The maximum Gasteiger partial charge on any atom is 0.220 e. The van der Waals surface area contributed by atoms with Crippen LogP contribution in [0.4, 0.5) is 0 Å². The van der Waals surface area contributed by atoms with Crippen LogP contribution < -0.4 is 5.32 Å². The van der Waals surface area contributed by atoms with Crippen molar-refractivity contribution in [2.24, 2.45) is 0 Å². The molecule has 0 aliphatic carbocycles. The Morgan fingerprint density at radius 2 is 2.00 bits per heavy atom. The van der Waals surface area contributed by atoms with Crippen molar-refractivity contribution in [1.82, 2.24) is 20.1 Å². The van der Waals surface area contributed by atoms with Crippen LogP contribution in [0.5, 0.6) is 0 Å². The number of aromatic nitrogens is 3. The summed E-state index contributed by atoms with van der Waals surface area (Å²) in [6.45, 7) is 4.61. The van der Waals surface area contributed by atoms with E-state index in [4.69, 9.17) is 11.6 Å². The molecular weight excluding hydrogens is 360 g/mol. The van der Waals surface area contributed by atoms with Crippen molar-refractivity contribution in [3.05, 3.63) is 76.2 Å². The average molecular weight is 383 g/mol. The van der Waals surface area contributed by atoms with Crippen LogP contribution in [0.2, 0.25) is 5.02 Å². The van der Waals surface area contributed by atoms with E-state index in [0.29, 0.717) is 24.4 Å². The summed E-state index contributed by atoms with van der Waals surface area (Å²) in [6.07, 6.45) is 3.63. The summed E-state index contributed by atoms with van der Waals surface area (Å²) in [5.41, 5.74) is 4.24. The molecule has 1 aromatic carbocycles. The Morgan fingerprint density at radius 3 is 2.74 bits per heavy atom. The summed E-state index contributed by atoms with van der Waals surface area (Å²) in [5, 5.41) is 8.28. The van der Waals surface area contributed by atoms with Gasteiger partial charge in [-0.3, -0.25) is 4.79 Å². The lowest BCUT2D eigenvalue weighted by molar-refractivity contribution is -0.121. The maximum atomic E-state index is 12.1. The molecule has 0 saturated carbocycles. The molecule has 0 unspecified atom stereocenters. The summed E-state index contributed by atoms with van der Waals surface area (Å²) in [7, 11) is 0. The largest absolute Gasteiger partial charge is 0.356 e. The third-order valence-corrected chi connectivity index (χ3v) is 4.77. The molecule has 3 rings (SSSR count). The van der Waals surface area contributed by atoms with Gasteiger partial charge >= 0.3 is 0 Å². The molecule has 0 aliphatic rings. The zero-order valence-electron chi connectivity index (χ0n) is 15.6. The molecule has 2 heterocycles. The zero-order chi connectivity index (χ0) is 19.2. The minimum atomic E-state index is 0.0439. The molecule has 140 valence electrons. The Kier molecular flexibility index (Phi) is 6.24. The zero-order valence-corrected chi connectivity index (χ0v) is 16.3. The fourth-order valence-electron chi connectivity index (χ4n) is 3.10. The van der Waals surface area contributed by atoms with Gasteiger partial charge in [0.05, 0.1) is 5.69 Å². The Hall–Kier alpha value is -2.66. The second-order valence-electron chi connectivity index (χ2n) is 6.48. The van der Waals surface area contributed by atoms with E-state index in [1.54, 1.807) is 6.20 Å². The average Bonchev–Trinajstić information content (AvgIpc) is 2.95. The van der Waals surface area contributed by atoms with Crippen LogP contribution >= 0.6 is 11.6 Å². The lowest BCUT2D eigenvalue weighted by atomic mass is 10.1. The molecule has 1 amide bonds. The monoisotopic (exact) mass is 382 g/mol. The number of nitrogens with zero attached hydrogens (tertiary/aromatic N) is 3. The lowest BCUT2D eigenvalue weighted by Crippen LogP contribution is -2.26. The third kappa shape index (κ3) is 4.95. The van der Waals surface area contributed by atoms with Crippen LogP contribution in [-0.4, -0.2) is 27.2 Å². The topological polar surface area (TPSA) is 59.8 Å². The first-order valence-corrected chi connectivity index (χ1v) is 9.40. The standard InChI is InChI=1S/C21H23ClN4O/c1-15-19(16(2)26(25-15)20-8-3-4-12-23-20)11-13-24-21(27)10-9-17-6-5-7-18(22)14-17/h3-8,12,14H,9-11,13H2,1-2H3,(H,24,27). The number of carbonyl (C=O) groups is 1. The number of aryl methyl sites for hydroxylation is 2. The van der Waals surface area contributed by atoms with Gasteiger partial charge < -0.3 is 5.32 Å². The fourth-order valence-corrected chi connectivity index (χ4v) is 3.32. The molecule has 0 spiro atoms. The van der Waals surface area contributed by atoms with Crippen LogP contribution in [0, 0.1) is 13.8 Å². The SMILES string of the molecule is Cc1nn(-c2ccccn2)c(C)c1CCNC(=O)CCc1cccc(Cl)c1. The number of rotatable bonds is 7. The van der Waals surface area contributed by atoms with Crippen molar-refractivity contribution in [2.45, 2.75) is 33.1 Å². The van der Waals surface area contributed by atoms with E-state index in [9.17, 15) is 4.79 Å². The molecule has 1 N–H and O–H groups in total. The first kappa shape index (κ1) is 19.1. The van der Waals surface area contributed by atoms with E-state index in [1.807, 2.05) is 61.0 Å². The number of benzene rings is 1. The summed E-state index contributed by atoms with van der Waals surface area (Å²) in [6, 6.07) is 13.4. The van der Waals surface area contributed by atoms with Gasteiger partial charge in [-0.25, -0.2) is 9.67 Å². The third-order valence-electron chi connectivity index (χ3n) is 4.53. The second-order valence-corrected chi connectivity index (χ2v) is 6.92. The highest BCUT2D eigenvalue weighted by atomic mass is 35.5. The van der Waals surface area contributed by atoms with Crippen LogP contribution in [-0.2, 0) is 17.6 Å². The highest BCUT2D eigenvalue weighted by molar-refractivity contribution is 6.30. The molecule has 6 heteroatoms. The number of hydrogen-bond acceptors (Lipinski definition) is 3. The highest BCUT2D eigenvalue weighted by Crippen LogP contribution is 2.17. The summed E-state index contributed by atoms with van der Waals surface area (Å²) in [4.78, 5) is 16.5. The quantitative estimate of drug-likeness (QED) is 0.675. The molecule has 0 bridgehead atoms. The van der Waals surface area contributed by atoms with E-state index >= 15 is 0 Å². The number of carbonyl (C=O) groups excluding carboxylic acids is 1.